The van der Waals surface area contributed by atoms with Crippen LogP contribution in [0.25, 0.3) is 16.8 Å². The van der Waals surface area contributed by atoms with Gasteiger partial charge in [-0.3, -0.25) is 0 Å². The van der Waals surface area contributed by atoms with E-state index in [1.807, 2.05) is 32.9 Å². The van der Waals surface area contributed by atoms with Crippen LogP contribution in [0.2, 0.25) is 0 Å². The van der Waals surface area contributed by atoms with Crippen molar-refractivity contribution in [3.05, 3.63) is 41.3 Å². The number of nitrogens with one attached hydrogen (secondary N) is 1. The van der Waals surface area contributed by atoms with Crippen molar-refractivity contribution in [3.8, 4) is 16.9 Å². The predicted molar refractivity (Wildman–Crippen MR) is 113 cm³/mol. The lowest BCUT2D eigenvalue weighted by molar-refractivity contribution is 0.114. The Morgan fingerprint density at radius 2 is 2.07 bits per heavy atom. The molecule has 0 spiro atoms. The van der Waals surface area contributed by atoms with Gasteiger partial charge in [-0.05, 0) is 57.4 Å². The second kappa shape index (κ2) is 7.98. The molecule has 30 heavy (non-hydrogen) atoms. The molecule has 3 aromatic rings. The van der Waals surface area contributed by atoms with Gasteiger partial charge in [0.25, 0.3) is 0 Å². The summed E-state index contributed by atoms with van der Waals surface area (Å²) in [6.45, 7) is 6.71. The number of rotatable bonds is 6. The Labute approximate surface area is 176 Å². The van der Waals surface area contributed by atoms with Crippen LogP contribution in [0.3, 0.4) is 0 Å². The van der Waals surface area contributed by atoms with Gasteiger partial charge in [0.05, 0.1) is 18.9 Å². The minimum Gasteiger partial charge on any atom is -0.495 e. The van der Waals surface area contributed by atoms with Gasteiger partial charge in [0.15, 0.2) is 5.65 Å². The van der Waals surface area contributed by atoms with Crippen molar-refractivity contribution in [1.82, 2.24) is 19.3 Å². The first-order chi connectivity index (χ1) is 14.3. The summed E-state index contributed by atoms with van der Waals surface area (Å²) in [5.74, 6) is 0.285. The van der Waals surface area contributed by atoms with E-state index in [4.69, 9.17) is 9.47 Å². The van der Waals surface area contributed by atoms with Gasteiger partial charge < -0.3 is 9.47 Å². The minimum absolute atomic E-state index is 0.0867. The third-order valence-electron chi connectivity index (χ3n) is 5.34. The van der Waals surface area contributed by atoms with Crippen LogP contribution in [0, 0.1) is 20.8 Å². The van der Waals surface area contributed by atoms with Gasteiger partial charge >= 0.3 is 0 Å². The zero-order valence-electron chi connectivity index (χ0n) is 17.6. The summed E-state index contributed by atoms with van der Waals surface area (Å²) < 4.78 is 41.5. The molecule has 1 atom stereocenters. The Balaban J connectivity index is 1.78. The Morgan fingerprint density at radius 3 is 2.77 bits per heavy atom. The fraction of sp³-hybridized carbons (Fsp3) is 0.429. The Hall–Kier alpha value is -2.49. The third-order valence-corrected chi connectivity index (χ3v) is 6.78. The van der Waals surface area contributed by atoms with E-state index < -0.39 is 10.0 Å². The van der Waals surface area contributed by atoms with Gasteiger partial charge in [-0.2, -0.15) is 5.10 Å². The highest BCUT2D eigenvalue weighted by molar-refractivity contribution is 7.89. The Kier molecular flexibility index (Phi) is 5.52. The third kappa shape index (κ3) is 3.80. The number of nitrogens with zero attached hydrogens (tertiary/aromatic N) is 3. The summed E-state index contributed by atoms with van der Waals surface area (Å²) in [6, 6.07) is 7.09. The van der Waals surface area contributed by atoms with Gasteiger partial charge in [-0.25, -0.2) is 22.6 Å². The molecule has 9 heteroatoms. The summed E-state index contributed by atoms with van der Waals surface area (Å²) in [4.78, 5) is 4.73. The second-order valence-corrected chi connectivity index (χ2v) is 9.32. The van der Waals surface area contributed by atoms with Crippen LogP contribution < -0.4 is 9.46 Å². The summed E-state index contributed by atoms with van der Waals surface area (Å²) in [6.07, 6.45) is 1.71. The molecule has 1 fully saturated rings. The van der Waals surface area contributed by atoms with E-state index in [0.29, 0.717) is 12.3 Å². The van der Waals surface area contributed by atoms with E-state index in [1.165, 1.54) is 7.11 Å². The van der Waals surface area contributed by atoms with Crippen LogP contribution in [0.4, 0.5) is 0 Å². The molecule has 1 N–H and O–H groups in total. The van der Waals surface area contributed by atoms with Crippen LogP contribution in [0.1, 0.15) is 29.9 Å². The standard InChI is InChI=1S/C21H26N4O4S/c1-13-10-14(2)25-21(23-13)20(15(3)24-25)16-7-8-18(28-4)19(11-16)30(26,27)22-12-17-6-5-9-29-17/h7-8,10-11,17,22H,5-6,9,12H2,1-4H3. The van der Waals surface area contributed by atoms with Crippen LogP contribution >= 0.6 is 0 Å². The van der Waals surface area contributed by atoms with Crippen LogP contribution in [0.5, 0.6) is 5.75 Å². The van der Waals surface area contributed by atoms with Gasteiger partial charge in [-0.15, -0.1) is 0 Å². The number of fused-ring (bicyclic) bond motifs is 1. The number of aromatic nitrogens is 3. The molecule has 8 nitrogen and oxygen atoms in total. The van der Waals surface area contributed by atoms with E-state index in [2.05, 4.69) is 14.8 Å². The van der Waals surface area contributed by atoms with E-state index in [1.54, 1.807) is 16.6 Å². The maximum atomic E-state index is 13.1. The number of hydrogen-bond acceptors (Lipinski definition) is 6. The first-order valence-corrected chi connectivity index (χ1v) is 11.4. The lowest BCUT2D eigenvalue weighted by atomic mass is 10.1. The largest absolute Gasteiger partial charge is 0.495 e. The summed E-state index contributed by atoms with van der Waals surface area (Å²) in [5.41, 5.74) is 4.84. The monoisotopic (exact) mass is 430 g/mol. The molecule has 4 rings (SSSR count). The first kappa shape index (κ1) is 20.8. The number of methoxy groups -OCH3 is 1. The molecule has 0 saturated carbocycles. The van der Waals surface area contributed by atoms with E-state index >= 15 is 0 Å². The number of hydrogen-bond donors (Lipinski definition) is 1. The molecule has 1 unspecified atom stereocenters. The molecule has 0 radical (unpaired) electrons. The molecule has 2 aromatic heterocycles. The highest BCUT2D eigenvalue weighted by Crippen LogP contribution is 2.33. The maximum absolute atomic E-state index is 13.1. The van der Waals surface area contributed by atoms with Crippen molar-refractivity contribution in [2.45, 2.75) is 44.6 Å². The molecule has 0 aliphatic carbocycles. The molecule has 1 aromatic carbocycles. The van der Waals surface area contributed by atoms with E-state index in [-0.39, 0.29) is 23.3 Å². The van der Waals surface area contributed by atoms with Crippen molar-refractivity contribution in [1.29, 1.82) is 0 Å². The SMILES string of the molecule is COc1ccc(-c2c(C)nn3c(C)cc(C)nc23)cc1S(=O)(=O)NCC1CCCO1. The molecule has 1 saturated heterocycles. The molecule has 1 aliphatic rings. The zero-order chi connectivity index (χ0) is 21.5. The van der Waals surface area contributed by atoms with Crippen molar-refractivity contribution < 1.29 is 17.9 Å². The zero-order valence-corrected chi connectivity index (χ0v) is 18.4. The van der Waals surface area contributed by atoms with Crippen LogP contribution in [-0.2, 0) is 14.8 Å². The first-order valence-electron chi connectivity index (χ1n) is 9.93. The molecular weight excluding hydrogens is 404 g/mol. The average Bonchev–Trinajstić information content (AvgIpc) is 3.33. The number of benzene rings is 1. The maximum Gasteiger partial charge on any atom is 0.244 e. The van der Waals surface area contributed by atoms with Crippen LogP contribution in [-0.4, -0.2) is 49.4 Å². The van der Waals surface area contributed by atoms with Crippen molar-refractivity contribution in [2.24, 2.45) is 0 Å². The molecule has 1 aliphatic heterocycles. The summed E-state index contributed by atoms with van der Waals surface area (Å²) in [5, 5.41) is 4.59. The average molecular weight is 431 g/mol. The fourth-order valence-electron chi connectivity index (χ4n) is 3.89. The molecule has 0 amide bonds. The van der Waals surface area contributed by atoms with E-state index in [0.717, 1.165) is 41.1 Å². The van der Waals surface area contributed by atoms with Crippen LogP contribution in [0.15, 0.2) is 29.2 Å². The van der Waals surface area contributed by atoms with Gasteiger partial charge in [0, 0.05) is 30.1 Å². The summed E-state index contributed by atoms with van der Waals surface area (Å²) in [7, 11) is -2.33. The van der Waals surface area contributed by atoms with Crippen molar-refractivity contribution >= 4 is 15.7 Å². The van der Waals surface area contributed by atoms with E-state index in [9.17, 15) is 8.42 Å². The quantitative estimate of drug-likeness (QED) is 0.646. The predicted octanol–water partition coefficient (Wildman–Crippen LogP) is 2.79. The van der Waals surface area contributed by atoms with Crippen molar-refractivity contribution in [3.63, 3.8) is 0 Å². The molecule has 3 heterocycles. The second-order valence-electron chi connectivity index (χ2n) is 7.59. The highest BCUT2D eigenvalue weighted by atomic mass is 32.2. The number of aryl methyl sites for hydroxylation is 3. The smallest absolute Gasteiger partial charge is 0.244 e. The lowest BCUT2D eigenvalue weighted by Crippen LogP contribution is -2.32. The summed E-state index contributed by atoms with van der Waals surface area (Å²) >= 11 is 0. The number of sulfonamides is 1. The normalized spacial score (nSPS) is 17.0. The van der Waals surface area contributed by atoms with Gasteiger partial charge in [-0.1, -0.05) is 6.07 Å². The highest BCUT2D eigenvalue weighted by Gasteiger charge is 2.25. The number of ether oxygens (including phenoxy) is 2. The molecule has 0 bridgehead atoms. The van der Waals surface area contributed by atoms with Gasteiger partial charge in [0.1, 0.15) is 10.6 Å². The molecular formula is C21H26N4O4S. The Morgan fingerprint density at radius 1 is 1.27 bits per heavy atom. The lowest BCUT2D eigenvalue weighted by Gasteiger charge is -2.14. The minimum atomic E-state index is -3.79. The van der Waals surface area contributed by atoms with Gasteiger partial charge in [0.2, 0.25) is 10.0 Å². The molecule has 160 valence electrons. The topological polar surface area (TPSA) is 94.8 Å². The Bertz CT molecular complexity index is 1200. The fourth-order valence-corrected chi connectivity index (χ4v) is 5.15. The van der Waals surface area contributed by atoms with Crippen molar-refractivity contribution in [2.75, 3.05) is 20.3 Å².